The third-order valence-electron chi connectivity index (χ3n) is 4.82. The number of rotatable bonds is 9. The number of hydrogen-bond acceptors (Lipinski definition) is 7. The summed E-state index contributed by atoms with van der Waals surface area (Å²) in [5.74, 6) is -1.69. The molecule has 0 amide bonds. The topological polar surface area (TPSA) is 113 Å². The summed E-state index contributed by atoms with van der Waals surface area (Å²) >= 11 is 0. The number of nitrogen functional groups attached to an aromatic ring is 1. The molecule has 1 aromatic carbocycles. The average molecular weight is 524 g/mol. The Morgan fingerprint density at radius 1 is 1.11 bits per heavy atom. The molecule has 9 nitrogen and oxygen atoms in total. The number of carbonyl (C=O) groups excluding carboxylic acids is 2. The van der Waals surface area contributed by atoms with Crippen LogP contribution < -0.4 is 20.2 Å². The number of pyridine rings is 1. The molecule has 0 fully saturated rings. The van der Waals surface area contributed by atoms with Crippen molar-refractivity contribution in [3.63, 3.8) is 0 Å². The number of hydrogen-bond donors (Lipinski definition) is 2. The first-order valence-corrected chi connectivity index (χ1v) is 12.1. The highest BCUT2D eigenvalue weighted by atomic mass is 32.5. The highest BCUT2D eigenvalue weighted by Crippen LogP contribution is 3.02. The molecule has 3 rings (SSSR count). The number of aromatic nitrogens is 3. The molecule has 2 heterocycles. The maximum Gasteiger partial charge on any atom is 0.380 e. The molecule has 35 heavy (non-hydrogen) atoms. The van der Waals surface area contributed by atoms with Crippen LogP contribution in [0.3, 0.4) is 0 Å². The first kappa shape index (κ1) is 26.0. The molecular weight excluding hydrogens is 501 g/mol. The van der Waals surface area contributed by atoms with Gasteiger partial charge in [0.05, 0.1) is 19.4 Å². The van der Waals surface area contributed by atoms with Crippen molar-refractivity contribution in [3.05, 3.63) is 41.6 Å². The minimum absolute atomic E-state index is 0.0334. The van der Waals surface area contributed by atoms with E-state index < -0.39 is 39.0 Å². The van der Waals surface area contributed by atoms with E-state index in [0.717, 1.165) is 10.7 Å². The van der Waals surface area contributed by atoms with Gasteiger partial charge in [-0.25, -0.2) is 4.79 Å². The lowest BCUT2D eigenvalue weighted by molar-refractivity contribution is -0.496. The molecule has 0 radical (unpaired) electrons. The third-order valence-corrected chi connectivity index (χ3v) is 5.94. The zero-order valence-electron chi connectivity index (χ0n) is 18.9. The summed E-state index contributed by atoms with van der Waals surface area (Å²) in [7, 11) is -8.82. The number of fused-ring (bicyclic) bond motifs is 1. The van der Waals surface area contributed by atoms with Gasteiger partial charge in [0.2, 0.25) is 5.65 Å². The lowest BCUT2D eigenvalue weighted by Crippen LogP contribution is -2.27. The smallest absolute Gasteiger partial charge is 0.380 e. The molecule has 15 heteroatoms. The minimum atomic E-state index is -10.1. The molecule has 0 saturated heterocycles. The van der Waals surface area contributed by atoms with E-state index >= 15 is 0 Å². The lowest BCUT2D eigenvalue weighted by Gasteiger charge is -2.40. The molecule has 0 unspecified atom stereocenters. The number of ketones is 1. The molecule has 0 bridgehead atoms. The predicted molar refractivity (Wildman–Crippen MR) is 119 cm³/mol. The second-order valence-electron chi connectivity index (χ2n) is 7.34. The van der Waals surface area contributed by atoms with Crippen LogP contribution in [0.1, 0.15) is 34.6 Å². The van der Waals surface area contributed by atoms with Gasteiger partial charge in [0.25, 0.3) is 0 Å². The standard InChI is InChI=1S/C20H23F5N5O4S/c1-4-33-17-9-18-29(10-15(17)19(32)34-5-2)20(26)28-30(18)11-16(31)12-6-13(27-3)8-14(7-12)35(21,22,23,24)25/h6-10,27H,4-5,11H2,1-3H3,(H2,26,28)/q+1. The van der Waals surface area contributed by atoms with Crippen molar-refractivity contribution in [1.29, 1.82) is 0 Å². The molecule has 2 aromatic heterocycles. The Kier molecular flexibility index (Phi) is 6.13. The van der Waals surface area contributed by atoms with Crippen molar-refractivity contribution in [3.8, 4) is 5.75 Å². The van der Waals surface area contributed by atoms with Gasteiger partial charge in [-0.2, -0.15) is 4.40 Å². The van der Waals surface area contributed by atoms with Crippen LogP contribution in [-0.4, -0.2) is 41.8 Å². The van der Waals surface area contributed by atoms with Crippen molar-refractivity contribution in [2.75, 3.05) is 31.3 Å². The van der Waals surface area contributed by atoms with Gasteiger partial charge >= 0.3 is 22.1 Å². The lowest BCUT2D eigenvalue weighted by atomic mass is 10.1. The summed E-state index contributed by atoms with van der Waals surface area (Å²) < 4.78 is 79.8. The van der Waals surface area contributed by atoms with Gasteiger partial charge in [0, 0.05) is 29.5 Å². The summed E-state index contributed by atoms with van der Waals surface area (Å²) in [6.07, 6.45) is 1.29. The SMILES string of the molecule is CCOC(=O)c1c[n+]2c(N)nn(CC(=O)c3cc(NC)cc(S(F)(F)(F)(F)F)c3)c2cc1OCC. The maximum absolute atomic E-state index is 13.4. The molecule has 0 aliphatic rings. The van der Waals surface area contributed by atoms with Crippen LogP contribution in [0, 0.1) is 0 Å². The van der Waals surface area contributed by atoms with E-state index in [2.05, 4.69) is 10.4 Å². The van der Waals surface area contributed by atoms with E-state index in [1.54, 1.807) is 13.8 Å². The van der Waals surface area contributed by atoms with Crippen molar-refractivity contribution in [2.45, 2.75) is 25.3 Å². The second kappa shape index (κ2) is 8.25. The summed E-state index contributed by atoms with van der Waals surface area (Å²) in [5, 5.41) is 6.34. The van der Waals surface area contributed by atoms with E-state index in [9.17, 15) is 29.0 Å². The molecule has 0 saturated carbocycles. The van der Waals surface area contributed by atoms with Crippen LogP contribution in [0.15, 0.2) is 35.4 Å². The number of esters is 1. The Bertz CT molecular complexity index is 1330. The van der Waals surface area contributed by atoms with E-state index in [-0.39, 0.29) is 53.9 Å². The van der Waals surface area contributed by atoms with Gasteiger partial charge in [-0.15, -0.1) is 4.68 Å². The Labute approximate surface area is 196 Å². The van der Waals surface area contributed by atoms with Gasteiger partial charge < -0.3 is 20.5 Å². The van der Waals surface area contributed by atoms with E-state index in [4.69, 9.17) is 15.2 Å². The first-order chi connectivity index (χ1) is 16.1. The molecule has 0 aliphatic carbocycles. The number of nitrogens with two attached hydrogens (primary N) is 1. The number of carbonyl (C=O) groups is 2. The minimum Gasteiger partial charge on any atom is -0.493 e. The molecule has 3 N–H and O–H groups in total. The van der Waals surface area contributed by atoms with E-state index in [0.29, 0.717) is 0 Å². The fraction of sp³-hybridized carbons (Fsp3) is 0.300. The Morgan fingerprint density at radius 2 is 1.80 bits per heavy atom. The molecule has 0 atom stereocenters. The normalized spacial score (nSPS) is 13.7. The molecule has 0 aliphatic heterocycles. The third kappa shape index (κ3) is 5.55. The summed E-state index contributed by atoms with van der Waals surface area (Å²) in [4.78, 5) is 23.0. The van der Waals surface area contributed by atoms with E-state index in [1.165, 1.54) is 23.7 Å². The largest absolute Gasteiger partial charge is 0.493 e. The Balaban J connectivity index is 2.08. The van der Waals surface area contributed by atoms with Crippen LogP contribution >= 0.6 is 10.2 Å². The predicted octanol–water partition coefficient (Wildman–Crippen LogP) is 4.36. The highest BCUT2D eigenvalue weighted by Gasteiger charge is 2.65. The summed E-state index contributed by atoms with van der Waals surface area (Å²) in [5.41, 5.74) is 5.15. The zero-order valence-corrected chi connectivity index (χ0v) is 19.7. The molecular formula is C20H23F5N5O4S+. The number of nitrogens with one attached hydrogen (secondary N) is 1. The van der Waals surface area contributed by atoms with Crippen molar-refractivity contribution >= 4 is 39.3 Å². The fourth-order valence-electron chi connectivity index (χ4n) is 3.24. The highest BCUT2D eigenvalue weighted by molar-refractivity contribution is 8.45. The average Bonchev–Trinajstić information content (AvgIpc) is 3.05. The van der Waals surface area contributed by atoms with Crippen LogP contribution in [-0.2, 0) is 11.3 Å². The maximum atomic E-state index is 13.4. The van der Waals surface area contributed by atoms with Gasteiger partial charge in [0.1, 0.15) is 16.2 Å². The van der Waals surface area contributed by atoms with Crippen molar-refractivity contribution < 1.29 is 42.9 Å². The van der Waals surface area contributed by atoms with Gasteiger partial charge in [0.15, 0.2) is 12.3 Å². The molecule has 0 spiro atoms. The van der Waals surface area contributed by atoms with Gasteiger partial charge in [-0.3, -0.25) is 4.79 Å². The van der Waals surface area contributed by atoms with Crippen LogP contribution in [0.4, 0.5) is 31.1 Å². The monoisotopic (exact) mass is 524 g/mol. The Morgan fingerprint density at radius 3 is 2.37 bits per heavy atom. The Hall–Kier alpha value is -3.62. The first-order valence-electron chi connectivity index (χ1n) is 10.2. The molecule has 192 valence electrons. The zero-order chi connectivity index (χ0) is 26.2. The van der Waals surface area contributed by atoms with Gasteiger partial charge in [-0.1, -0.05) is 19.4 Å². The van der Waals surface area contributed by atoms with Crippen molar-refractivity contribution in [1.82, 2.24) is 9.78 Å². The molecule has 3 aromatic rings. The number of halogens is 5. The van der Waals surface area contributed by atoms with Gasteiger partial charge in [-0.05, 0) is 32.0 Å². The second-order valence-corrected chi connectivity index (χ2v) is 9.75. The summed E-state index contributed by atoms with van der Waals surface area (Å²) in [6, 6.07) is 2.72. The fourth-order valence-corrected chi connectivity index (χ4v) is 3.94. The van der Waals surface area contributed by atoms with Crippen molar-refractivity contribution in [2.24, 2.45) is 0 Å². The number of ether oxygens (including phenoxy) is 2. The number of anilines is 2. The van der Waals surface area contributed by atoms with Crippen LogP contribution in [0.2, 0.25) is 0 Å². The summed E-state index contributed by atoms with van der Waals surface area (Å²) in [6.45, 7) is 2.93. The quantitative estimate of drug-likeness (QED) is 0.185. The van der Waals surface area contributed by atoms with Crippen LogP contribution in [0.25, 0.3) is 5.65 Å². The van der Waals surface area contributed by atoms with Crippen LogP contribution in [0.5, 0.6) is 5.75 Å². The van der Waals surface area contributed by atoms with E-state index in [1.807, 2.05) is 0 Å². The number of benzene rings is 1. The number of Topliss-reactive ketones (excluding diaryl/α,β-unsaturated/α-hetero) is 1. The number of nitrogens with zero attached hydrogens (tertiary/aromatic N) is 3.